The Labute approximate surface area is 179 Å². The number of hydrogen-bond donors (Lipinski definition) is 0. The third-order valence-electron chi connectivity index (χ3n) is 5.54. The van der Waals surface area contributed by atoms with Crippen LogP contribution in [0, 0.1) is 17.2 Å². The van der Waals surface area contributed by atoms with Crippen molar-refractivity contribution in [2.45, 2.75) is 25.4 Å². The molecule has 0 bridgehead atoms. The summed E-state index contributed by atoms with van der Waals surface area (Å²) < 4.78 is 5.89. The summed E-state index contributed by atoms with van der Waals surface area (Å²) in [6.07, 6.45) is 3.05. The van der Waals surface area contributed by atoms with Gasteiger partial charge in [-0.1, -0.05) is 11.6 Å². The molecule has 7 nitrogen and oxygen atoms in total. The second-order valence-corrected chi connectivity index (χ2v) is 7.93. The summed E-state index contributed by atoms with van der Waals surface area (Å²) >= 11 is 5.92. The van der Waals surface area contributed by atoms with Crippen LogP contribution in [0.3, 0.4) is 0 Å². The molecule has 0 spiro atoms. The van der Waals surface area contributed by atoms with Crippen molar-refractivity contribution in [3.8, 4) is 11.9 Å². The molecule has 0 N–H and O–H groups in total. The number of aromatic nitrogens is 1. The Balaban J connectivity index is 1.33. The van der Waals surface area contributed by atoms with Crippen LogP contribution in [0.2, 0.25) is 5.02 Å². The highest BCUT2D eigenvalue weighted by molar-refractivity contribution is 6.30. The molecule has 0 aliphatic carbocycles. The Kier molecular flexibility index (Phi) is 5.86. The molecule has 1 atom stereocenters. The molecule has 2 amide bonds. The first-order chi connectivity index (χ1) is 14.5. The normalized spacial score (nSPS) is 19.6. The lowest BCUT2D eigenvalue weighted by Gasteiger charge is -2.33. The van der Waals surface area contributed by atoms with Crippen LogP contribution in [0.25, 0.3) is 0 Å². The number of carbonyl (C=O) groups is 2. The highest BCUT2D eigenvalue weighted by Gasteiger charge is 2.38. The van der Waals surface area contributed by atoms with Gasteiger partial charge in [-0.15, -0.1) is 0 Å². The first kappa shape index (κ1) is 20.2. The second kappa shape index (κ2) is 8.72. The molecule has 8 heteroatoms. The molecule has 1 aromatic heterocycles. The summed E-state index contributed by atoms with van der Waals surface area (Å²) in [5, 5.41) is 9.77. The maximum absolute atomic E-state index is 13.0. The monoisotopic (exact) mass is 424 g/mol. The molecule has 2 saturated heterocycles. The number of anilines is 1. The molecule has 2 aromatic rings. The van der Waals surface area contributed by atoms with E-state index in [1.165, 1.54) is 0 Å². The zero-order valence-corrected chi connectivity index (χ0v) is 17.1. The molecule has 2 aliphatic rings. The highest BCUT2D eigenvalue weighted by atomic mass is 35.5. The van der Waals surface area contributed by atoms with Gasteiger partial charge in [-0.25, -0.2) is 4.98 Å². The van der Waals surface area contributed by atoms with Crippen molar-refractivity contribution >= 4 is 29.1 Å². The zero-order chi connectivity index (χ0) is 21.1. The largest absolute Gasteiger partial charge is 0.473 e. The zero-order valence-electron chi connectivity index (χ0n) is 16.3. The fraction of sp³-hybridized carbons (Fsp3) is 0.364. The minimum Gasteiger partial charge on any atom is -0.473 e. The number of ether oxygens (including phenoxy) is 1. The molecule has 0 radical (unpaired) electrons. The number of halogens is 1. The van der Waals surface area contributed by atoms with Gasteiger partial charge in [-0.2, -0.15) is 5.26 Å². The predicted octanol–water partition coefficient (Wildman–Crippen LogP) is 3.03. The molecule has 154 valence electrons. The van der Waals surface area contributed by atoms with Gasteiger partial charge >= 0.3 is 0 Å². The Morgan fingerprint density at radius 1 is 1.20 bits per heavy atom. The van der Waals surface area contributed by atoms with E-state index >= 15 is 0 Å². The fourth-order valence-electron chi connectivity index (χ4n) is 3.92. The SMILES string of the molecule is N#Cc1cccnc1OC1CCN(C(=O)[C@H]2CC(=O)N(c3ccc(Cl)cc3)C2)CC1. The average molecular weight is 425 g/mol. The van der Waals surface area contributed by atoms with E-state index in [1.54, 1.807) is 47.5 Å². The molecular weight excluding hydrogens is 404 g/mol. The number of nitriles is 1. The number of likely N-dealkylation sites (tertiary alicyclic amines) is 1. The Bertz CT molecular complexity index is 981. The van der Waals surface area contributed by atoms with E-state index in [4.69, 9.17) is 21.6 Å². The van der Waals surface area contributed by atoms with E-state index < -0.39 is 0 Å². The molecule has 3 heterocycles. The number of carbonyl (C=O) groups excluding carboxylic acids is 2. The van der Waals surface area contributed by atoms with Gasteiger partial charge in [0, 0.05) is 55.8 Å². The van der Waals surface area contributed by atoms with E-state index in [0.29, 0.717) is 48.9 Å². The van der Waals surface area contributed by atoms with Crippen LogP contribution in [0.1, 0.15) is 24.8 Å². The van der Waals surface area contributed by atoms with Crippen molar-refractivity contribution in [1.82, 2.24) is 9.88 Å². The second-order valence-electron chi connectivity index (χ2n) is 7.49. The maximum Gasteiger partial charge on any atom is 0.231 e. The smallest absolute Gasteiger partial charge is 0.231 e. The quantitative estimate of drug-likeness (QED) is 0.752. The molecule has 0 saturated carbocycles. The molecule has 0 unspecified atom stereocenters. The van der Waals surface area contributed by atoms with E-state index in [0.717, 1.165) is 5.69 Å². The lowest BCUT2D eigenvalue weighted by molar-refractivity contribution is -0.137. The van der Waals surface area contributed by atoms with Crippen molar-refractivity contribution in [2.75, 3.05) is 24.5 Å². The minimum absolute atomic E-state index is 0.00816. The molecule has 1 aromatic carbocycles. The van der Waals surface area contributed by atoms with Crippen molar-refractivity contribution < 1.29 is 14.3 Å². The van der Waals surface area contributed by atoms with Crippen LogP contribution < -0.4 is 9.64 Å². The molecule has 4 rings (SSSR count). The van der Waals surface area contributed by atoms with E-state index in [-0.39, 0.29) is 30.3 Å². The summed E-state index contributed by atoms with van der Waals surface area (Å²) in [5.74, 6) is -0.0432. The summed E-state index contributed by atoms with van der Waals surface area (Å²) in [4.78, 5) is 33.0. The van der Waals surface area contributed by atoms with Crippen LogP contribution in [-0.2, 0) is 9.59 Å². The lowest BCUT2D eigenvalue weighted by atomic mass is 10.0. The van der Waals surface area contributed by atoms with Gasteiger partial charge in [0.2, 0.25) is 17.7 Å². The summed E-state index contributed by atoms with van der Waals surface area (Å²) in [6.45, 7) is 1.50. The fourth-order valence-corrected chi connectivity index (χ4v) is 4.05. The summed E-state index contributed by atoms with van der Waals surface area (Å²) in [7, 11) is 0. The lowest BCUT2D eigenvalue weighted by Crippen LogP contribution is -2.45. The van der Waals surface area contributed by atoms with Gasteiger partial charge in [0.15, 0.2) is 0 Å². The molecule has 2 aliphatic heterocycles. The predicted molar refractivity (Wildman–Crippen MR) is 111 cm³/mol. The third kappa shape index (κ3) is 4.24. The van der Waals surface area contributed by atoms with Gasteiger partial charge in [-0.3, -0.25) is 9.59 Å². The van der Waals surface area contributed by atoms with Crippen LogP contribution in [0.4, 0.5) is 5.69 Å². The van der Waals surface area contributed by atoms with Crippen LogP contribution in [0.5, 0.6) is 5.88 Å². The van der Waals surface area contributed by atoms with Crippen LogP contribution in [0.15, 0.2) is 42.6 Å². The van der Waals surface area contributed by atoms with Crippen molar-refractivity contribution in [1.29, 1.82) is 5.26 Å². The Morgan fingerprint density at radius 2 is 1.93 bits per heavy atom. The number of piperidine rings is 1. The number of hydrogen-bond acceptors (Lipinski definition) is 5. The number of amides is 2. The van der Waals surface area contributed by atoms with E-state index in [9.17, 15) is 9.59 Å². The van der Waals surface area contributed by atoms with E-state index in [1.807, 2.05) is 4.90 Å². The van der Waals surface area contributed by atoms with Crippen LogP contribution in [-0.4, -0.2) is 47.4 Å². The van der Waals surface area contributed by atoms with Gasteiger partial charge in [0.05, 0.1) is 5.92 Å². The molecule has 2 fully saturated rings. The number of nitrogens with zero attached hydrogens (tertiary/aromatic N) is 4. The van der Waals surface area contributed by atoms with Gasteiger partial charge < -0.3 is 14.5 Å². The Morgan fingerprint density at radius 3 is 2.63 bits per heavy atom. The average Bonchev–Trinajstić information content (AvgIpc) is 3.16. The number of benzene rings is 1. The summed E-state index contributed by atoms with van der Waals surface area (Å²) in [5.41, 5.74) is 1.17. The first-order valence-corrected chi connectivity index (χ1v) is 10.3. The van der Waals surface area contributed by atoms with E-state index in [2.05, 4.69) is 11.1 Å². The van der Waals surface area contributed by atoms with Crippen molar-refractivity contribution in [3.63, 3.8) is 0 Å². The van der Waals surface area contributed by atoms with Crippen LogP contribution >= 0.6 is 11.6 Å². The van der Waals surface area contributed by atoms with Crippen molar-refractivity contribution in [3.05, 3.63) is 53.2 Å². The summed E-state index contributed by atoms with van der Waals surface area (Å²) in [6, 6.07) is 12.5. The highest BCUT2D eigenvalue weighted by Crippen LogP contribution is 2.28. The Hall–Kier alpha value is -3.11. The topological polar surface area (TPSA) is 86.5 Å². The van der Waals surface area contributed by atoms with Gasteiger partial charge in [0.1, 0.15) is 17.7 Å². The molecule has 30 heavy (non-hydrogen) atoms. The number of rotatable bonds is 4. The minimum atomic E-state index is -0.341. The number of pyridine rings is 1. The van der Waals surface area contributed by atoms with Gasteiger partial charge in [-0.05, 0) is 36.4 Å². The standard InChI is InChI=1S/C22H21ClN4O3/c23-17-3-5-18(6-4-17)27-14-16(12-20(27)28)22(29)26-10-7-19(8-11-26)30-21-15(13-24)2-1-9-25-21/h1-6,9,16,19H,7-8,10-12,14H2/t16-/m0/s1. The maximum atomic E-state index is 13.0. The first-order valence-electron chi connectivity index (χ1n) is 9.91. The van der Waals surface area contributed by atoms with Crippen molar-refractivity contribution in [2.24, 2.45) is 5.92 Å². The van der Waals surface area contributed by atoms with Gasteiger partial charge in [0.25, 0.3) is 0 Å². The molecular formula is C22H21ClN4O3. The third-order valence-corrected chi connectivity index (χ3v) is 5.79.